The first-order valence-electron chi connectivity index (χ1n) is 9.54. The summed E-state index contributed by atoms with van der Waals surface area (Å²) < 4.78 is 2.50. The Balaban J connectivity index is 1.39. The van der Waals surface area contributed by atoms with Gasteiger partial charge < -0.3 is 10.6 Å². The summed E-state index contributed by atoms with van der Waals surface area (Å²) in [6.07, 6.45) is 1.00. The first-order chi connectivity index (χ1) is 14.5. The Hall–Kier alpha value is -3.52. The van der Waals surface area contributed by atoms with Gasteiger partial charge in [0, 0.05) is 25.2 Å². The molecule has 0 fully saturated rings. The van der Waals surface area contributed by atoms with Crippen LogP contribution in [0.25, 0.3) is 10.2 Å². The highest BCUT2D eigenvalue weighted by atomic mass is 32.1. The molecule has 0 aliphatic heterocycles. The van der Waals surface area contributed by atoms with E-state index in [1.54, 1.807) is 24.5 Å². The number of amides is 2. The van der Waals surface area contributed by atoms with E-state index < -0.39 is 0 Å². The van der Waals surface area contributed by atoms with E-state index in [0.717, 1.165) is 20.8 Å². The minimum Gasteiger partial charge on any atom is -0.321 e. The summed E-state index contributed by atoms with van der Waals surface area (Å²) in [6, 6.07) is 17.0. The number of nitrogens with zero attached hydrogens (tertiary/aromatic N) is 3. The van der Waals surface area contributed by atoms with Gasteiger partial charge in [0.1, 0.15) is 5.82 Å². The second-order valence-electron chi connectivity index (χ2n) is 6.94. The fourth-order valence-corrected chi connectivity index (χ4v) is 3.98. The largest absolute Gasteiger partial charge is 0.321 e. The van der Waals surface area contributed by atoms with Gasteiger partial charge in [0.15, 0.2) is 5.69 Å². The Kier molecular flexibility index (Phi) is 5.58. The molecular weight excluding hydrogens is 398 g/mol. The van der Waals surface area contributed by atoms with Gasteiger partial charge >= 0.3 is 0 Å². The number of hydrogen-bond acceptors (Lipinski definition) is 5. The molecule has 2 aromatic heterocycles. The lowest BCUT2D eigenvalue weighted by Crippen LogP contribution is -2.14. The van der Waals surface area contributed by atoms with Crippen LogP contribution in [0.3, 0.4) is 0 Å². The molecule has 2 aromatic carbocycles. The normalized spacial score (nSPS) is 10.9. The van der Waals surface area contributed by atoms with E-state index in [2.05, 4.69) is 20.7 Å². The highest BCUT2D eigenvalue weighted by Gasteiger charge is 2.15. The molecule has 152 valence electrons. The third kappa shape index (κ3) is 4.55. The van der Waals surface area contributed by atoms with Crippen LogP contribution >= 0.6 is 11.3 Å². The van der Waals surface area contributed by atoms with Gasteiger partial charge in [-0.05, 0) is 37.1 Å². The van der Waals surface area contributed by atoms with E-state index in [9.17, 15) is 9.59 Å². The number of fused-ring (bicyclic) bond motifs is 1. The molecule has 0 spiro atoms. The van der Waals surface area contributed by atoms with Crippen molar-refractivity contribution in [2.75, 3.05) is 10.6 Å². The predicted octanol–water partition coefficient (Wildman–Crippen LogP) is 4.16. The van der Waals surface area contributed by atoms with Crippen molar-refractivity contribution in [2.45, 2.75) is 19.8 Å². The summed E-state index contributed by atoms with van der Waals surface area (Å²) in [5, 5.41) is 10.9. The predicted molar refractivity (Wildman–Crippen MR) is 119 cm³/mol. The molecule has 0 radical (unpaired) electrons. The van der Waals surface area contributed by atoms with E-state index in [4.69, 9.17) is 0 Å². The van der Waals surface area contributed by atoms with Crippen molar-refractivity contribution in [1.82, 2.24) is 14.8 Å². The van der Waals surface area contributed by atoms with Crippen molar-refractivity contribution in [3.63, 3.8) is 0 Å². The molecule has 0 atom stereocenters. The van der Waals surface area contributed by atoms with Crippen molar-refractivity contribution in [2.24, 2.45) is 7.05 Å². The molecule has 2 N–H and O–H groups in total. The lowest BCUT2D eigenvalue weighted by Gasteiger charge is -2.05. The van der Waals surface area contributed by atoms with Crippen molar-refractivity contribution in [1.29, 1.82) is 0 Å². The van der Waals surface area contributed by atoms with Crippen molar-refractivity contribution >= 4 is 44.9 Å². The first-order valence-corrected chi connectivity index (χ1v) is 10.4. The molecule has 0 aliphatic carbocycles. The van der Waals surface area contributed by atoms with Gasteiger partial charge in [-0.2, -0.15) is 5.10 Å². The zero-order valence-electron chi connectivity index (χ0n) is 16.7. The molecule has 7 nitrogen and oxygen atoms in total. The molecule has 0 aliphatic rings. The van der Waals surface area contributed by atoms with Crippen molar-refractivity contribution in [3.05, 3.63) is 70.9 Å². The summed E-state index contributed by atoms with van der Waals surface area (Å²) in [6.45, 7) is 1.95. The maximum absolute atomic E-state index is 12.6. The van der Waals surface area contributed by atoms with E-state index in [-0.39, 0.29) is 17.5 Å². The molecule has 2 heterocycles. The quantitative estimate of drug-likeness (QED) is 0.491. The van der Waals surface area contributed by atoms with E-state index in [0.29, 0.717) is 24.3 Å². The van der Waals surface area contributed by atoms with Crippen LogP contribution in [0.5, 0.6) is 0 Å². The van der Waals surface area contributed by atoms with Gasteiger partial charge in [-0.15, -0.1) is 11.3 Å². The Morgan fingerprint density at radius 1 is 1.07 bits per heavy atom. The maximum Gasteiger partial charge on any atom is 0.276 e. The van der Waals surface area contributed by atoms with Crippen LogP contribution in [0.15, 0.2) is 54.6 Å². The Labute approximate surface area is 177 Å². The third-order valence-electron chi connectivity index (χ3n) is 4.62. The second-order valence-corrected chi connectivity index (χ2v) is 8.18. The molecular formula is C22H21N5O2S. The number of rotatable bonds is 6. The lowest BCUT2D eigenvalue weighted by atomic mass is 10.1. The highest BCUT2D eigenvalue weighted by Crippen LogP contribution is 2.25. The minimum absolute atomic E-state index is 0.125. The lowest BCUT2D eigenvalue weighted by molar-refractivity contribution is -0.116. The number of hydrogen-bond donors (Lipinski definition) is 2. The molecule has 0 saturated heterocycles. The zero-order valence-corrected chi connectivity index (χ0v) is 17.5. The van der Waals surface area contributed by atoms with Gasteiger partial charge in [0.25, 0.3) is 5.91 Å². The average Bonchev–Trinajstić information content (AvgIpc) is 3.28. The molecule has 8 heteroatoms. The van der Waals surface area contributed by atoms with Crippen molar-refractivity contribution < 1.29 is 9.59 Å². The van der Waals surface area contributed by atoms with Gasteiger partial charge in [0.2, 0.25) is 5.91 Å². The number of carbonyl (C=O) groups is 2. The summed E-state index contributed by atoms with van der Waals surface area (Å²) >= 11 is 1.58. The number of aryl methyl sites for hydroxylation is 3. The van der Waals surface area contributed by atoms with E-state index >= 15 is 0 Å². The number of nitrogens with one attached hydrogen (secondary N) is 2. The zero-order chi connectivity index (χ0) is 21.1. The number of anilines is 2. The summed E-state index contributed by atoms with van der Waals surface area (Å²) in [5.74, 6) is 0.0162. The van der Waals surface area contributed by atoms with E-state index in [1.807, 2.05) is 55.5 Å². The number of thiazole rings is 1. The molecule has 2 amide bonds. The SMILES string of the molecule is Cc1nc2ccc(NC(=O)c3cc(NC(=O)CCc4ccccc4)n(C)n3)cc2s1. The van der Waals surface area contributed by atoms with Crippen LogP contribution < -0.4 is 10.6 Å². The van der Waals surface area contributed by atoms with Gasteiger partial charge in [0.05, 0.1) is 15.2 Å². The molecule has 30 heavy (non-hydrogen) atoms. The monoisotopic (exact) mass is 419 g/mol. The summed E-state index contributed by atoms with van der Waals surface area (Å²) in [4.78, 5) is 29.3. The third-order valence-corrected chi connectivity index (χ3v) is 5.55. The van der Waals surface area contributed by atoms with Crippen LogP contribution in [0.1, 0.15) is 27.5 Å². The van der Waals surface area contributed by atoms with Gasteiger partial charge in [-0.25, -0.2) is 4.98 Å². The van der Waals surface area contributed by atoms with Crippen LogP contribution in [-0.2, 0) is 18.3 Å². The van der Waals surface area contributed by atoms with Crippen LogP contribution in [0.2, 0.25) is 0 Å². The Bertz CT molecular complexity index is 1210. The van der Waals surface area contributed by atoms with E-state index in [1.165, 1.54) is 4.68 Å². The molecule has 0 unspecified atom stereocenters. The van der Waals surface area contributed by atoms with Crippen LogP contribution in [-0.4, -0.2) is 26.6 Å². The molecule has 0 saturated carbocycles. The Morgan fingerprint density at radius 3 is 2.67 bits per heavy atom. The minimum atomic E-state index is -0.337. The molecule has 0 bridgehead atoms. The smallest absolute Gasteiger partial charge is 0.276 e. The second kappa shape index (κ2) is 8.46. The maximum atomic E-state index is 12.6. The molecule has 4 rings (SSSR count). The van der Waals surface area contributed by atoms with Crippen LogP contribution in [0.4, 0.5) is 11.5 Å². The average molecular weight is 420 g/mol. The van der Waals surface area contributed by atoms with Crippen LogP contribution in [0, 0.1) is 6.92 Å². The number of carbonyl (C=O) groups excluding carboxylic acids is 2. The van der Waals surface area contributed by atoms with Gasteiger partial charge in [-0.1, -0.05) is 30.3 Å². The van der Waals surface area contributed by atoms with Crippen molar-refractivity contribution in [3.8, 4) is 0 Å². The fraction of sp³-hybridized carbons (Fsp3) is 0.182. The summed E-state index contributed by atoms with van der Waals surface area (Å²) in [5.41, 5.74) is 2.92. The Morgan fingerprint density at radius 2 is 1.87 bits per heavy atom. The number of benzene rings is 2. The first kappa shape index (κ1) is 19.8. The fourth-order valence-electron chi connectivity index (χ4n) is 3.12. The summed E-state index contributed by atoms with van der Waals surface area (Å²) in [7, 11) is 1.69. The standard InChI is InChI=1S/C22H21N5O2S/c1-14-23-17-10-9-16(12-19(17)30-14)24-22(29)18-13-20(27(2)26-18)25-21(28)11-8-15-6-4-3-5-7-15/h3-7,9-10,12-13H,8,11H2,1-2H3,(H,24,29)(H,25,28). The number of aromatic nitrogens is 3. The molecule has 4 aromatic rings. The highest BCUT2D eigenvalue weighted by molar-refractivity contribution is 7.18. The topological polar surface area (TPSA) is 88.9 Å². The van der Waals surface area contributed by atoms with Gasteiger partial charge in [-0.3, -0.25) is 14.3 Å².